The third kappa shape index (κ3) is 2.88. The van der Waals surface area contributed by atoms with Crippen molar-refractivity contribution in [1.82, 2.24) is 19.4 Å². The van der Waals surface area contributed by atoms with Gasteiger partial charge in [0.25, 0.3) is 0 Å². The average Bonchev–Trinajstić information content (AvgIpc) is 3.41. The van der Waals surface area contributed by atoms with E-state index in [9.17, 15) is 4.79 Å². The lowest BCUT2D eigenvalue weighted by Gasteiger charge is -2.34. The molecule has 7 heteroatoms. The van der Waals surface area contributed by atoms with Gasteiger partial charge in [-0.15, -0.1) is 0 Å². The van der Waals surface area contributed by atoms with E-state index in [4.69, 9.17) is 9.47 Å². The Morgan fingerprint density at radius 3 is 2.89 bits per heavy atom. The van der Waals surface area contributed by atoms with Gasteiger partial charge in [-0.25, -0.2) is 4.98 Å². The zero-order valence-corrected chi connectivity index (χ0v) is 15.3. The zero-order valence-electron chi connectivity index (χ0n) is 15.3. The van der Waals surface area contributed by atoms with Crippen molar-refractivity contribution in [2.75, 3.05) is 26.4 Å². The van der Waals surface area contributed by atoms with Crippen LogP contribution >= 0.6 is 0 Å². The van der Waals surface area contributed by atoms with Gasteiger partial charge in [0.1, 0.15) is 0 Å². The Morgan fingerprint density at radius 1 is 1.22 bits per heavy atom. The molecular weight excluding hydrogens is 344 g/mol. The molecule has 0 bridgehead atoms. The summed E-state index contributed by atoms with van der Waals surface area (Å²) in [7, 11) is 1.97. The normalized spacial score (nSPS) is 20.9. The molecule has 0 unspecified atom stereocenters. The van der Waals surface area contributed by atoms with Crippen LogP contribution in [0.5, 0.6) is 11.5 Å². The number of hydrogen-bond donors (Lipinski definition) is 0. The topological polar surface area (TPSA) is 59.8 Å². The molecule has 0 N–H and O–H groups in total. The molecule has 0 radical (unpaired) electrons. The summed E-state index contributed by atoms with van der Waals surface area (Å²) in [6.45, 7) is 3.85. The first-order chi connectivity index (χ1) is 13.2. The predicted octanol–water partition coefficient (Wildman–Crippen LogP) is 1.65. The highest BCUT2D eigenvalue weighted by molar-refractivity contribution is 5.84. The zero-order chi connectivity index (χ0) is 18.4. The van der Waals surface area contributed by atoms with Crippen LogP contribution < -0.4 is 9.47 Å². The quantitative estimate of drug-likeness (QED) is 0.773. The van der Waals surface area contributed by atoms with Crippen molar-refractivity contribution in [2.45, 2.75) is 19.0 Å². The van der Waals surface area contributed by atoms with Crippen LogP contribution in [0.3, 0.4) is 0 Å². The van der Waals surface area contributed by atoms with E-state index >= 15 is 0 Å². The summed E-state index contributed by atoms with van der Waals surface area (Å²) < 4.78 is 12.9. The van der Waals surface area contributed by atoms with Gasteiger partial charge in [-0.3, -0.25) is 9.69 Å². The van der Waals surface area contributed by atoms with Gasteiger partial charge in [-0.05, 0) is 17.7 Å². The lowest BCUT2D eigenvalue weighted by molar-refractivity contribution is -0.132. The summed E-state index contributed by atoms with van der Waals surface area (Å²) >= 11 is 0. The molecule has 0 saturated carbocycles. The molecule has 1 atom stereocenters. The van der Waals surface area contributed by atoms with Gasteiger partial charge in [-0.2, -0.15) is 0 Å². The molecule has 1 amide bonds. The molecule has 4 heterocycles. The molecule has 7 nitrogen and oxygen atoms in total. The van der Waals surface area contributed by atoms with Crippen LogP contribution in [0.2, 0.25) is 0 Å². The van der Waals surface area contributed by atoms with Crippen molar-refractivity contribution >= 4 is 5.91 Å². The Labute approximate surface area is 157 Å². The van der Waals surface area contributed by atoms with E-state index in [2.05, 4.69) is 28.1 Å². The number of ether oxygens (including phenoxy) is 2. The summed E-state index contributed by atoms with van der Waals surface area (Å²) in [5.74, 6) is 1.58. The summed E-state index contributed by atoms with van der Waals surface area (Å²) in [4.78, 5) is 21.9. The van der Waals surface area contributed by atoms with Crippen LogP contribution in [0.4, 0.5) is 0 Å². The first-order valence-corrected chi connectivity index (χ1v) is 9.24. The van der Waals surface area contributed by atoms with E-state index in [1.54, 1.807) is 0 Å². The van der Waals surface area contributed by atoms with Crippen LogP contribution in [0.15, 0.2) is 36.7 Å². The molecule has 1 aromatic heterocycles. The number of fused-ring (bicyclic) bond motifs is 2. The Bertz CT molecular complexity index is 912. The second-order valence-electron chi connectivity index (χ2n) is 7.31. The smallest absolute Gasteiger partial charge is 0.233 e. The van der Waals surface area contributed by atoms with E-state index in [-0.39, 0.29) is 18.6 Å². The van der Waals surface area contributed by atoms with Gasteiger partial charge in [0.2, 0.25) is 12.7 Å². The number of benzene rings is 1. The summed E-state index contributed by atoms with van der Waals surface area (Å²) in [5, 5.41) is 0. The minimum atomic E-state index is -0.185. The van der Waals surface area contributed by atoms with Crippen LogP contribution in [-0.4, -0.2) is 51.7 Å². The molecule has 1 aromatic carbocycles. The summed E-state index contributed by atoms with van der Waals surface area (Å²) in [6, 6.07) is 6.03. The Morgan fingerprint density at radius 2 is 2.04 bits per heavy atom. The fourth-order valence-electron chi connectivity index (χ4n) is 4.17. The van der Waals surface area contributed by atoms with Gasteiger partial charge < -0.3 is 18.9 Å². The number of amides is 1. The average molecular weight is 366 g/mol. The SMILES string of the molecule is Cn1cnc2c1[C@@H](C(=O)N1CC=CC1)CN(Cc1ccc3c(c1)OCO3)C2. The summed E-state index contributed by atoms with van der Waals surface area (Å²) in [6.07, 6.45) is 5.92. The molecule has 27 heavy (non-hydrogen) atoms. The van der Waals surface area contributed by atoms with Crippen molar-refractivity contribution < 1.29 is 14.3 Å². The molecule has 5 rings (SSSR count). The minimum absolute atomic E-state index is 0.181. The van der Waals surface area contributed by atoms with Gasteiger partial charge >= 0.3 is 0 Å². The standard InChI is InChI=1S/C20H22N4O3/c1-22-12-21-16-11-23(9-14-4-5-17-18(8-14)27-13-26-17)10-15(19(16)22)20(25)24-6-2-3-7-24/h2-5,8,12,15H,6-7,9-11,13H2,1H3/t15-/m0/s1. The van der Waals surface area contributed by atoms with Gasteiger partial charge in [-0.1, -0.05) is 18.2 Å². The Balaban J connectivity index is 1.39. The van der Waals surface area contributed by atoms with E-state index in [1.165, 1.54) is 0 Å². The van der Waals surface area contributed by atoms with E-state index in [1.807, 2.05) is 35.0 Å². The number of carbonyl (C=O) groups is 1. The number of aromatic nitrogens is 2. The lowest BCUT2D eigenvalue weighted by Crippen LogP contribution is -2.43. The maximum absolute atomic E-state index is 13.1. The highest BCUT2D eigenvalue weighted by Gasteiger charge is 2.36. The molecule has 140 valence electrons. The number of rotatable bonds is 3. The highest BCUT2D eigenvalue weighted by atomic mass is 16.7. The molecule has 0 spiro atoms. The molecule has 3 aliphatic heterocycles. The molecule has 0 fully saturated rings. The van der Waals surface area contributed by atoms with Crippen molar-refractivity contribution in [1.29, 1.82) is 0 Å². The van der Waals surface area contributed by atoms with Gasteiger partial charge in [0, 0.05) is 39.8 Å². The molecule has 0 aliphatic carbocycles. The fourth-order valence-corrected chi connectivity index (χ4v) is 4.17. The van der Waals surface area contributed by atoms with Crippen LogP contribution in [0, 0.1) is 0 Å². The molecule has 3 aliphatic rings. The maximum atomic E-state index is 13.1. The van der Waals surface area contributed by atoms with Gasteiger partial charge in [0.05, 0.1) is 23.6 Å². The molecule has 0 saturated heterocycles. The summed E-state index contributed by atoms with van der Waals surface area (Å²) in [5.41, 5.74) is 3.19. The van der Waals surface area contributed by atoms with Crippen molar-refractivity contribution in [3.63, 3.8) is 0 Å². The number of nitrogens with zero attached hydrogens (tertiary/aromatic N) is 4. The molecular formula is C20H22N4O3. The number of aryl methyl sites for hydroxylation is 1. The second kappa shape index (κ2) is 6.42. The maximum Gasteiger partial charge on any atom is 0.233 e. The third-order valence-corrected chi connectivity index (χ3v) is 5.48. The van der Waals surface area contributed by atoms with E-state index < -0.39 is 0 Å². The predicted molar refractivity (Wildman–Crippen MR) is 98.3 cm³/mol. The second-order valence-corrected chi connectivity index (χ2v) is 7.31. The van der Waals surface area contributed by atoms with Crippen molar-refractivity contribution in [3.8, 4) is 11.5 Å². The highest BCUT2D eigenvalue weighted by Crippen LogP contribution is 2.34. The first-order valence-electron chi connectivity index (χ1n) is 9.24. The number of imidazole rings is 1. The Hall–Kier alpha value is -2.80. The van der Waals surface area contributed by atoms with E-state index in [0.717, 1.165) is 41.5 Å². The first kappa shape index (κ1) is 16.4. The van der Waals surface area contributed by atoms with Crippen LogP contribution in [0.25, 0.3) is 0 Å². The van der Waals surface area contributed by atoms with Gasteiger partial charge in [0.15, 0.2) is 11.5 Å². The van der Waals surface area contributed by atoms with E-state index in [0.29, 0.717) is 19.6 Å². The Kier molecular flexibility index (Phi) is 3.89. The fraction of sp³-hybridized carbons (Fsp3) is 0.400. The third-order valence-electron chi connectivity index (χ3n) is 5.48. The van der Waals surface area contributed by atoms with Crippen molar-refractivity contribution in [3.05, 3.63) is 53.6 Å². The monoisotopic (exact) mass is 366 g/mol. The largest absolute Gasteiger partial charge is 0.454 e. The number of carbonyl (C=O) groups excluding carboxylic acids is 1. The number of hydrogen-bond acceptors (Lipinski definition) is 5. The molecule has 2 aromatic rings. The van der Waals surface area contributed by atoms with Crippen LogP contribution in [-0.2, 0) is 24.9 Å². The lowest BCUT2D eigenvalue weighted by atomic mass is 9.96. The van der Waals surface area contributed by atoms with Crippen molar-refractivity contribution in [2.24, 2.45) is 7.05 Å². The minimum Gasteiger partial charge on any atom is -0.454 e. The van der Waals surface area contributed by atoms with Crippen LogP contribution in [0.1, 0.15) is 22.9 Å².